The number of nitrogens with one attached hydrogen (secondary N) is 1. The van der Waals surface area contributed by atoms with Crippen LogP contribution in [0.1, 0.15) is 27.9 Å². The van der Waals surface area contributed by atoms with Crippen LogP contribution >= 0.6 is 22.9 Å². The van der Waals surface area contributed by atoms with Crippen molar-refractivity contribution in [3.05, 3.63) is 93.8 Å². The second-order valence-corrected chi connectivity index (χ2v) is 9.84. The fourth-order valence-corrected chi connectivity index (χ4v) is 5.12. The zero-order valence-corrected chi connectivity index (χ0v) is 23.0. The van der Waals surface area contributed by atoms with Crippen LogP contribution in [-0.2, 0) is 13.1 Å². The maximum atomic E-state index is 12.4. The first-order valence-corrected chi connectivity index (χ1v) is 13.5. The Hall–Kier alpha value is -3.59. The Labute approximate surface area is 232 Å². The molecular formula is C29H31ClN4O3S. The van der Waals surface area contributed by atoms with Crippen molar-refractivity contribution in [1.29, 1.82) is 0 Å². The van der Waals surface area contributed by atoms with E-state index in [4.69, 9.17) is 31.8 Å². The van der Waals surface area contributed by atoms with Crippen molar-refractivity contribution in [1.82, 2.24) is 10.3 Å². The van der Waals surface area contributed by atoms with Crippen LogP contribution in [0.2, 0.25) is 5.02 Å². The van der Waals surface area contributed by atoms with Gasteiger partial charge in [-0.3, -0.25) is 4.79 Å². The number of anilines is 1. The number of nitrogens with zero attached hydrogens (tertiary/aromatic N) is 2. The van der Waals surface area contributed by atoms with Crippen molar-refractivity contribution in [3.63, 3.8) is 0 Å². The number of para-hydroxylation sites is 1. The highest BCUT2D eigenvalue weighted by atomic mass is 35.5. The molecule has 0 aliphatic rings. The van der Waals surface area contributed by atoms with Crippen molar-refractivity contribution in [3.8, 4) is 22.8 Å². The number of amides is 1. The van der Waals surface area contributed by atoms with Crippen LogP contribution in [0, 0.1) is 0 Å². The molecule has 38 heavy (non-hydrogen) atoms. The van der Waals surface area contributed by atoms with Crippen LogP contribution in [0.25, 0.3) is 11.3 Å². The van der Waals surface area contributed by atoms with Crippen LogP contribution in [-0.4, -0.2) is 38.2 Å². The number of hydrogen-bond acceptors (Lipinski definition) is 7. The molecule has 3 N–H and O–H groups in total. The van der Waals surface area contributed by atoms with Gasteiger partial charge in [-0.05, 0) is 42.8 Å². The van der Waals surface area contributed by atoms with E-state index >= 15 is 0 Å². The van der Waals surface area contributed by atoms with Gasteiger partial charge in [-0.25, -0.2) is 4.98 Å². The van der Waals surface area contributed by atoms with Crippen molar-refractivity contribution in [2.75, 3.05) is 32.2 Å². The van der Waals surface area contributed by atoms with Crippen molar-refractivity contribution in [2.24, 2.45) is 5.73 Å². The molecule has 0 fully saturated rings. The number of benzene rings is 3. The maximum absolute atomic E-state index is 12.4. The fraction of sp³-hybridized carbons (Fsp3) is 0.241. The monoisotopic (exact) mass is 550 g/mol. The number of nitrogens with two attached hydrogens (primary N) is 1. The van der Waals surface area contributed by atoms with Crippen LogP contribution in [0.5, 0.6) is 11.5 Å². The molecule has 9 heteroatoms. The SMILES string of the molecule is COc1cccc(CN(Cc2ccc(C(=O)NCCCN)cc2)c2nc(-c3ccccc3Cl)cs2)c1OC. The normalized spacial score (nSPS) is 10.7. The first-order valence-electron chi connectivity index (χ1n) is 12.3. The number of carbonyl (C=O) groups is 1. The Balaban J connectivity index is 1.62. The second kappa shape index (κ2) is 13.3. The van der Waals surface area contributed by atoms with Gasteiger partial charge in [0.25, 0.3) is 5.91 Å². The van der Waals surface area contributed by atoms with E-state index in [0.29, 0.717) is 48.3 Å². The Morgan fingerprint density at radius 2 is 1.82 bits per heavy atom. The van der Waals surface area contributed by atoms with Gasteiger partial charge in [-0.2, -0.15) is 0 Å². The van der Waals surface area contributed by atoms with E-state index in [-0.39, 0.29) is 5.91 Å². The third-order valence-electron chi connectivity index (χ3n) is 6.01. The van der Waals surface area contributed by atoms with E-state index in [1.54, 1.807) is 25.6 Å². The molecule has 4 rings (SSSR count). The standard InChI is InChI=1S/C29H31ClN4O3S/c1-36-26-10-5-7-22(27(26)37-2)18-34(29-33-25(19-38-29)23-8-3-4-9-24(23)30)17-20-11-13-21(14-12-20)28(35)32-16-6-15-31/h3-5,7-14,19H,6,15-18,31H2,1-2H3,(H,32,35). The van der Waals surface area contributed by atoms with Gasteiger partial charge in [0, 0.05) is 46.7 Å². The number of hydrogen-bond donors (Lipinski definition) is 2. The summed E-state index contributed by atoms with van der Waals surface area (Å²) < 4.78 is 11.2. The topological polar surface area (TPSA) is 89.7 Å². The molecule has 0 radical (unpaired) electrons. The van der Waals surface area contributed by atoms with Crippen molar-refractivity contribution < 1.29 is 14.3 Å². The Bertz CT molecular complexity index is 1360. The van der Waals surface area contributed by atoms with Gasteiger partial charge in [0.15, 0.2) is 16.6 Å². The van der Waals surface area contributed by atoms with E-state index in [1.807, 2.05) is 72.1 Å². The molecule has 0 saturated heterocycles. The molecule has 0 atom stereocenters. The number of aromatic nitrogens is 1. The Morgan fingerprint density at radius 3 is 2.53 bits per heavy atom. The van der Waals surface area contributed by atoms with E-state index < -0.39 is 0 Å². The average molecular weight is 551 g/mol. The molecule has 0 aliphatic carbocycles. The smallest absolute Gasteiger partial charge is 0.251 e. The molecule has 3 aromatic carbocycles. The van der Waals surface area contributed by atoms with E-state index in [0.717, 1.165) is 33.9 Å². The average Bonchev–Trinajstić information content (AvgIpc) is 3.43. The van der Waals surface area contributed by atoms with Gasteiger partial charge < -0.3 is 25.4 Å². The first kappa shape index (κ1) is 27.4. The second-order valence-electron chi connectivity index (χ2n) is 8.60. The fourth-order valence-electron chi connectivity index (χ4n) is 4.07. The third kappa shape index (κ3) is 6.64. The van der Waals surface area contributed by atoms with Crippen LogP contribution in [0.3, 0.4) is 0 Å². The van der Waals surface area contributed by atoms with Crippen LogP contribution in [0.4, 0.5) is 5.13 Å². The predicted octanol–water partition coefficient (Wildman–Crippen LogP) is 5.77. The zero-order chi connectivity index (χ0) is 26.9. The molecule has 7 nitrogen and oxygen atoms in total. The minimum Gasteiger partial charge on any atom is -0.493 e. The number of carbonyl (C=O) groups excluding carboxylic acids is 1. The molecule has 0 aliphatic heterocycles. The highest BCUT2D eigenvalue weighted by molar-refractivity contribution is 7.14. The number of rotatable bonds is 12. The van der Waals surface area contributed by atoms with Gasteiger partial charge in [0.05, 0.1) is 19.9 Å². The predicted molar refractivity (Wildman–Crippen MR) is 154 cm³/mol. The molecule has 0 unspecified atom stereocenters. The zero-order valence-electron chi connectivity index (χ0n) is 21.4. The maximum Gasteiger partial charge on any atom is 0.251 e. The summed E-state index contributed by atoms with van der Waals surface area (Å²) in [6.07, 6.45) is 0.747. The van der Waals surface area contributed by atoms with Crippen LogP contribution in [0.15, 0.2) is 72.1 Å². The van der Waals surface area contributed by atoms with E-state index in [1.165, 1.54) is 0 Å². The lowest BCUT2D eigenvalue weighted by molar-refractivity contribution is 0.0953. The summed E-state index contributed by atoms with van der Waals surface area (Å²) in [5.41, 5.74) is 9.85. The van der Waals surface area contributed by atoms with Gasteiger partial charge in [0.1, 0.15) is 0 Å². The highest BCUT2D eigenvalue weighted by Crippen LogP contribution is 2.36. The summed E-state index contributed by atoms with van der Waals surface area (Å²) in [5.74, 6) is 1.26. The summed E-state index contributed by atoms with van der Waals surface area (Å²) in [6.45, 7) is 2.22. The van der Waals surface area contributed by atoms with Crippen molar-refractivity contribution >= 4 is 34.0 Å². The molecule has 0 saturated carbocycles. The van der Waals surface area contributed by atoms with Crippen LogP contribution < -0.4 is 25.4 Å². The molecular weight excluding hydrogens is 520 g/mol. The lowest BCUT2D eigenvalue weighted by atomic mass is 10.1. The molecule has 1 aromatic heterocycles. The van der Waals surface area contributed by atoms with Gasteiger partial charge in [0.2, 0.25) is 0 Å². The molecule has 1 heterocycles. The summed E-state index contributed by atoms with van der Waals surface area (Å²) in [5, 5.41) is 6.40. The molecule has 0 spiro atoms. The summed E-state index contributed by atoms with van der Waals surface area (Å²) in [6, 6.07) is 21.2. The molecule has 0 bridgehead atoms. The molecule has 198 valence electrons. The minimum atomic E-state index is -0.104. The summed E-state index contributed by atoms with van der Waals surface area (Å²) >= 11 is 7.99. The number of halogens is 1. The lowest BCUT2D eigenvalue weighted by Crippen LogP contribution is -2.26. The van der Waals surface area contributed by atoms with E-state index in [2.05, 4.69) is 10.2 Å². The minimum absolute atomic E-state index is 0.104. The lowest BCUT2D eigenvalue weighted by Gasteiger charge is -2.24. The van der Waals surface area contributed by atoms with Gasteiger partial charge >= 0.3 is 0 Å². The van der Waals surface area contributed by atoms with E-state index in [9.17, 15) is 4.79 Å². The quantitative estimate of drug-likeness (QED) is 0.218. The third-order valence-corrected chi connectivity index (χ3v) is 7.25. The largest absolute Gasteiger partial charge is 0.493 e. The van der Waals surface area contributed by atoms with Gasteiger partial charge in [-0.1, -0.05) is 54.1 Å². The number of ether oxygens (including phenoxy) is 2. The number of thiazole rings is 1. The van der Waals surface area contributed by atoms with Gasteiger partial charge in [-0.15, -0.1) is 11.3 Å². The van der Waals surface area contributed by atoms with Crippen molar-refractivity contribution in [2.45, 2.75) is 19.5 Å². The molecule has 4 aromatic rings. The number of methoxy groups -OCH3 is 2. The highest BCUT2D eigenvalue weighted by Gasteiger charge is 2.18. The first-order chi connectivity index (χ1) is 18.5. The Kier molecular flexibility index (Phi) is 9.59. The summed E-state index contributed by atoms with van der Waals surface area (Å²) in [7, 11) is 3.27. The summed E-state index contributed by atoms with van der Waals surface area (Å²) in [4.78, 5) is 19.5. The Morgan fingerprint density at radius 1 is 1.03 bits per heavy atom. The molecule has 1 amide bonds.